The van der Waals surface area contributed by atoms with Crippen LogP contribution in [0.5, 0.6) is 5.75 Å². The molecule has 21 heavy (non-hydrogen) atoms. The second-order valence-corrected chi connectivity index (χ2v) is 4.61. The Morgan fingerprint density at radius 2 is 1.81 bits per heavy atom. The highest BCUT2D eigenvalue weighted by molar-refractivity contribution is 6.32. The molecule has 0 aliphatic carbocycles. The molecule has 1 atom stereocenters. The van der Waals surface area contributed by atoms with Gasteiger partial charge in [-0.05, 0) is 17.7 Å². The van der Waals surface area contributed by atoms with E-state index in [0.29, 0.717) is 11.3 Å². The number of rotatable bonds is 5. The van der Waals surface area contributed by atoms with Gasteiger partial charge in [-0.1, -0.05) is 36.4 Å². The first-order chi connectivity index (χ1) is 10.1. The molecule has 1 N–H and O–H groups in total. The molecule has 0 fully saturated rings. The Kier molecular flexibility index (Phi) is 5.11. The molecule has 2 aromatic carbocycles. The topological polar surface area (TPSA) is 38.3 Å². The quantitative estimate of drug-likeness (QED) is 0.840. The van der Waals surface area contributed by atoms with Gasteiger partial charge in [-0.25, -0.2) is 0 Å². The molecule has 6 heteroatoms. The molecule has 0 heterocycles. The predicted molar refractivity (Wildman–Crippen MR) is 76.7 cm³/mol. The maximum atomic E-state index is 12.1. The first-order valence-electron chi connectivity index (χ1n) is 6.11. The lowest BCUT2D eigenvalue weighted by molar-refractivity contribution is -0.116. The Bertz CT molecular complexity index is 608. The summed E-state index contributed by atoms with van der Waals surface area (Å²) in [5, 5.41) is 1.69. The number of benzene rings is 2. The van der Waals surface area contributed by atoms with Crippen molar-refractivity contribution in [2.75, 3.05) is 5.32 Å². The van der Waals surface area contributed by atoms with Crippen molar-refractivity contribution < 1.29 is 18.3 Å². The number of hydrogen-bond donors (Lipinski definition) is 1. The molecular formula is C15H12ClF2NO2. The third kappa shape index (κ3) is 4.43. The zero-order valence-electron chi connectivity index (χ0n) is 10.8. The number of ether oxygens (including phenoxy) is 1. The van der Waals surface area contributed by atoms with E-state index in [1.165, 1.54) is 18.2 Å². The van der Waals surface area contributed by atoms with Crippen LogP contribution in [0.25, 0.3) is 0 Å². The van der Waals surface area contributed by atoms with Crippen LogP contribution in [-0.4, -0.2) is 12.5 Å². The van der Waals surface area contributed by atoms with Crippen LogP contribution in [0, 0.1) is 0 Å². The Hall–Kier alpha value is -2.14. The van der Waals surface area contributed by atoms with Crippen LogP contribution in [0.15, 0.2) is 54.6 Å². The highest BCUT2D eigenvalue weighted by atomic mass is 35.5. The van der Waals surface area contributed by atoms with E-state index in [9.17, 15) is 13.6 Å². The average molecular weight is 312 g/mol. The van der Waals surface area contributed by atoms with Crippen molar-refractivity contribution >= 4 is 23.2 Å². The standard InChI is InChI=1S/C15H12ClF2NO2/c16-13(10-5-2-1-3-6-10)14(20)19-11-7-4-8-12(9-11)21-15(17)18/h1-9,13,15H,(H,19,20). The van der Waals surface area contributed by atoms with Crippen molar-refractivity contribution in [3.63, 3.8) is 0 Å². The molecule has 0 spiro atoms. The first kappa shape index (κ1) is 15.3. The molecule has 0 aromatic heterocycles. The first-order valence-corrected chi connectivity index (χ1v) is 6.54. The summed E-state index contributed by atoms with van der Waals surface area (Å²) in [4.78, 5) is 12.0. The van der Waals surface area contributed by atoms with Crippen LogP contribution in [-0.2, 0) is 4.79 Å². The molecule has 0 saturated carbocycles. The van der Waals surface area contributed by atoms with Gasteiger partial charge in [0.1, 0.15) is 11.1 Å². The van der Waals surface area contributed by atoms with Crippen LogP contribution in [0.3, 0.4) is 0 Å². The number of halogens is 3. The fraction of sp³-hybridized carbons (Fsp3) is 0.133. The second-order valence-electron chi connectivity index (χ2n) is 4.17. The zero-order chi connectivity index (χ0) is 15.2. The summed E-state index contributed by atoms with van der Waals surface area (Å²) in [7, 11) is 0. The van der Waals surface area contributed by atoms with Crippen LogP contribution in [0.1, 0.15) is 10.9 Å². The highest BCUT2D eigenvalue weighted by Gasteiger charge is 2.17. The molecular weight excluding hydrogens is 300 g/mol. The Morgan fingerprint density at radius 3 is 2.48 bits per heavy atom. The summed E-state index contributed by atoms with van der Waals surface area (Å²) in [5.41, 5.74) is 0.983. The highest BCUT2D eigenvalue weighted by Crippen LogP contribution is 2.24. The maximum absolute atomic E-state index is 12.1. The molecule has 1 amide bonds. The van der Waals surface area contributed by atoms with Crippen LogP contribution in [0.4, 0.5) is 14.5 Å². The van der Waals surface area contributed by atoms with Crippen LogP contribution >= 0.6 is 11.6 Å². The van der Waals surface area contributed by atoms with Gasteiger partial charge in [0.05, 0.1) is 0 Å². The number of anilines is 1. The van der Waals surface area contributed by atoms with E-state index < -0.39 is 17.9 Å². The average Bonchev–Trinajstić information content (AvgIpc) is 2.47. The maximum Gasteiger partial charge on any atom is 0.387 e. The number of amides is 1. The number of carbonyl (C=O) groups excluding carboxylic acids is 1. The molecule has 1 unspecified atom stereocenters. The van der Waals surface area contributed by atoms with Gasteiger partial charge in [0.25, 0.3) is 0 Å². The normalized spacial score (nSPS) is 12.0. The van der Waals surface area contributed by atoms with E-state index in [0.717, 1.165) is 0 Å². The van der Waals surface area contributed by atoms with Gasteiger partial charge in [-0.3, -0.25) is 4.79 Å². The van der Waals surface area contributed by atoms with E-state index in [-0.39, 0.29) is 5.75 Å². The third-order valence-corrected chi connectivity index (χ3v) is 3.10. The molecule has 2 aromatic rings. The summed E-state index contributed by atoms with van der Waals surface area (Å²) in [6.45, 7) is -2.92. The molecule has 3 nitrogen and oxygen atoms in total. The minimum atomic E-state index is -2.92. The second kappa shape index (κ2) is 7.04. The summed E-state index contributed by atoms with van der Waals surface area (Å²) in [6, 6.07) is 14.6. The molecule has 0 saturated heterocycles. The van der Waals surface area contributed by atoms with Gasteiger partial charge in [-0.15, -0.1) is 11.6 Å². The molecule has 110 valence electrons. The van der Waals surface area contributed by atoms with Crippen molar-refractivity contribution in [1.29, 1.82) is 0 Å². The third-order valence-electron chi connectivity index (χ3n) is 2.65. The van der Waals surface area contributed by atoms with E-state index in [1.54, 1.807) is 30.3 Å². The molecule has 0 aliphatic rings. The fourth-order valence-corrected chi connectivity index (χ4v) is 1.93. The number of nitrogens with one attached hydrogen (secondary N) is 1. The minimum Gasteiger partial charge on any atom is -0.435 e. The number of alkyl halides is 3. The fourth-order valence-electron chi connectivity index (χ4n) is 1.73. The Balaban J connectivity index is 2.06. The summed E-state index contributed by atoms with van der Waals surface area (Å²) in [6.07, 6.45) is 0. The van der Waals surface area contributed by atoms with Gasteiger partial charge >= 0.3 is 6.61 Å². The molecule has 0 radical (unpaired) electrons. The van der Waals surface area contributed by atoms with E-state index in [4.69, 9.17) is 11.6 Å². The Morgan fingerprint density at radius 1 is 1.10 bits per heavy atom. The van der Waals surface area contributed by atoms with Gasteiger partial charge in [0, 0.05) is 11.8 Å². The van der Waals surface area contributed by atoms with E-state index in [1.807, 2.05) is 6.07 Å². The smallest absolute Gasteiger partial charge is 0.387 e. The predicted octanol–water partition coefficient (Wildman–Crippen LogP) is 4.21. The zero-order valence-corrected chi connectivity index (χ0v) is 11.6. The van der Waals surface area contributed by atoms with Crippen molar-refractivity contribution in [3.8, 4) is 5.75 Å². The summed E-state index contributed by atoms with van der Waals surface area (Å²) in [5.74, 6) is -0.481. The Labute approximate surface area is 125 Å². The monoisotopic (exact) mass is 311 g/mol. The van der Waals surface area contributed by atoms with Gasteiger partial charge < -0.3 is 10.1 Å². The summed E-state index contributed by atoms with van der Waals surface area (Å²) < 4.78 is 28.5. The van der Waals surface area contributed by atoms with E-state index >= 15 is 0 Å². The van der Waals surface area contributed by atoms with Crippen molar-refractivity contribution in [2.45, 2.75) is 12.0 Å². The summed E-state index contributed by atoms with van der Waals surface area (Å²) >= 11 is 6.07. The molecule has 2 rings (SSSR count). The number of carbonyl (C=O) groups is 1. The largest absolute Gasteiger partial charge is 0.435 e. The van der Waals surface area contributed by atoms with Crippen molar-refractivity contribution in [3.05, 3.63) is 60.2 Å². The number of hydrogen-bond acceptors (Lipinski definition) is 2. The minimum absolute atomic E-state index is 0.0337. The van der Waals surface area contributed by atoms with Gasteiger partial charge in [-0.2, -0.15) is 8.78 Å². The van der Waals surface area contributed by atoms with Crippen LogP contribution < -0.4 is 10.1 Å². The SMILES string of the molecule is O=C(Nc1cccc(OC(F)F)c1)C(Cl)c1ccccc1. The lowest BCUT2D eigenvalue weighted by Crippen LogP contribution is -2.17. The van der Waals surface area contributed by atoms with Crippen LogP contribution in [0.2, 0.25) is 0 Å². The lowest BCUT2D eigenvalue weighted by Gasteiger charge is -2.12. The van der Waals surface area contributed by atoms with E-state index in [2.05, 4.69) is 10.1 Å². The molecule has 0 aliphatic heterocycles. The molecule has 0 bridgehead atoms. The van der Waals surface area contributed by atoms with Gasteiger partial charge in [0.2, 0.25) is 5.91 Å². The van der Waals surface area contributed by atoms with Gasteiger partial charge in [0.15, 0.2) is 0 Å². The van der Waals surface area contributed by atoms with Crippen molar-refractivity contribution in [1.82, 2.24) is 0 Å². The lowest BCUT2D eigenvalue weighted by atomic mass is 10.1. The van der Waals surface area contributed by atoms with Crippen molar-refractivity contribution in [2.24, 2.45) is 0 Å².